The van der Waals surface area contributed by atoms with E-state index in [1.807, 2.05) is 6.92 Å². The van der Waals surface area contributed by atoms with Crippen LogP contribution in [0.2, 0.25) is 0 Å². The van der Waals surface area contributed by atoms with Gasteiger partial charge >= 0.3 is 6.03 Å². The fourth-order valence-corrected chi connectivity index (χ4v) is 2.47. The van der Waals surface area contributed by atoms with E-state index >= 15 is 0 Å². The van der Waals surface area contributed by atoms with Crippen molar-refractivity contribution in [1.29, 1.82) is 0 Å². The summed E-state index contributed by atoms with van der Waals surface area (Å²) in [6.07, 6.45) is -0.531. The normalized spacial score (nSPS) is 20.8. The lowest BCUT2D eigenvalue weighted by molar-refractivity contribution is 0.196. The first-order valence-corrected chi connectivity index (χ1v) is 7.53. The Morgan fingerprint density at radius 2 is 1.95 bits per heavy atom. The van der Waals surface area contributed by atoms with E-state index in [1.165, 1.54) is 34.5 Å². The van der Waals surface area contributed by atoms with Crippen LogP contribution < -0.4 is 10.3 Å². The van der Waals surface area contributed by atoms with Gasteiger partial charge in [-0.05, 0) is 29.6 Å². The van der Waals surface area contributed by atoms with E-state index in [0.29, 0.717) is 5.69 Å². The molecule has 1 heterocycles. The number of benzene rings is 1. The van der Waals surface area contributed by atoms with Crippen molar-refractivity contribution in [2.45, 2.75) is 17.0 Å². The number of carbonyl (C=O) groups excluding carboxylic acids is 1. The predicted molar refractivity (Wildman–Crippen MR) is 86.1 cm³/mol. The van der Waals surface area contributed by atoms with E-state index < -0.39 is 21.9 Å². The Hall–Kier alpha value is -0.660. The summed E-state index contributed by atoms with van der Waals surface area (Å²) in [6.45, 7) is 1.82. The third-order valence-corrected chi connectivity index (χ3v) is 3.94. The summed E-state index contributed by atoms with van der Waals surface area (Å²) >= 11 is 22.3. The number of thiocarbonyl (C=S) groups is 1. The summed E-state index contributed by atoms with van der Waals surface area (Å²) in [7, 11) is 0. The Kier molecular flexibility index (Phi) is 4.95. The molecule has 0 radical (unpaired) electrons. The zero-order chi connectivity index (χ0) is 15.8. The first-order chi connectivity index (χ1) is 9.75. The number of halogens is 4. The molecule has 9 heteroatoms. The number of alkyl halides is 3. The third kappa shape index (κ3) is 3.40. The maximum atomic E-state index is 13.0. The van der Waals surface area contributed by atoms with E-state index in [2.05, 4.69) is 5.43 Å². The number of carbonyl (C=O) groups is 1. The molecular formula is C12H11Cl3FN3OS. The summed E-state index contributed by atoms with van der Waals surface area (Å²) in [6, 6.07) is 4.88. The molecule has 2 amide bonds. The van der Waals surface area contributed by atoms with Gasteiger partial charge in [0.1, 0.15) is 12.0 Å². The van der Waals surface area contributed by atoms with Gasteiger partial charge in [0.05, 0.1) is 0 Å². The number of nitrogens with one attached hydrogen (secondary N) is 1. The SMILES string of the molecule is CC(C=S)C1NN(C(Cl)(Cl)Cl)C(=O)N1c1ccc(F)cc1. The summed E-state index contributed by atoms with van der Waals surface area (Å²) < 4.78 is 11.1. The second-order valence-corrected chi connectivity index (χ2v) is 6.99. The summed E-state index contributed by atoms with van der Waals surface area (Å²) in [5.41, 5.74) is 3.29. The maximum Gasteiger partial charge on any atom is 0.343 e. The number of urea groups is 1. The number of anilines is 1. The monoisotopic (exact) mass is 369 g/mol. The lowest BCUT2D eigenvalue weighted by Gasteiger charge is -2.25. The average Bonchev–Trinajstić information content (AvgIpc) is 2.76. The highest BCUT2D eigenvalue weighted by Crippen LogP contribution is 2.36. The highest BCUT2D eigenvalue weighted by molar-refractivity contribution is 7.79. The Balaban J connectivity index is 2.41. The fraction of sp³-hybridized carbons (Fsp3) is 0.333. The molecule has 0 aliphatic carbocycles. The summed E-state index contributed by atoms with van der Waals surface area (Å²) in [4.78, 5) is 13.8. The van der Waals surface area contributed by atoms with Gasteiger partial charge in [-0.3, -0.25) is 4.90 Å². The van der Waals surface area contributed by atoms with E-state index in [4.69, 9.17) is 47.0 Å². The standard InChI is InChI=1S/C12H11Cl3FN3OS/c1-7(6-21)10-17-19(12(13,14)15)11(20)18(10)9-4-2-8(16)3-5-9/h2-7,10,17H,1H3. The molecule has 1 aromatic rings. The predicted octanol–water partition coefficient (Wildman–Crippen LogP) is 3.86. The topological polar surface area (TPSA) is 35.6 Å². The number of hydrogen-bond acceptors (Lipinski definition) is 3. The molecule has 21 heavy (non-hydrogen) atoms. The van der Waals surface area contributed by atoms with Gasteiger partial charge in [0, 0.05) is 11.6 Å². The number of hydrazine groups is 1. The molecule has 0 bridgehead atoms. The van der Waals surface area contributed by atoms with Crippen molar-refractivity contribution in [3.8, 4) is 0 Å². The van der Waals surface area contributed by atoms with E-state index in [0.717, 1.165) is 5.01 Å². The Morgan fingerprint density at radius 1 is 1.38 bits per heavy atom. The summed E-state index contributed by atoms with van der Waals surface area (Å²) in [5, 5.41) is 2.39. The van der Waals surface area contributed by atoms with Crippen LogP contribution in [0.3, 0.4) is 0 Å². The minimum absolute atomic E-state index is 0.202. The molecule has 2 atom stereocenters. The number of hydrogen-bond donors (Lipinski definition) is 1. The fourth-order valence-electron chi connectivity index (χ4n) is 1.95. The second kappa shape index (κ2) is 6.22. The molecule has 1 fully saturated rings. The minimum atomic E-state index is -1.95. The van der Waals surface area contributed by atoms with Crippen LogP contribution in [0.4, 0.5) is 14.9 Å². The Morgan fingerprint density at radius 3 is 2.43 bits per heavy atom. The lowest BCUT2D eigenvalue weighted by atomic mass is 10.1. The van der Waals surface area contributed by atoms with Gasteiger partial charge in [0.25, 0.3) is 3.92 Å². The quantitative estimate of drug-likeness (QED) is 0.498. The van der Waals surface area contributed by atoms with Crippen LogP contribution in [0.1, 0.15) is 6.92 Å². The molecule has 1 saturated heterocycles. The molecule has 1 aliphatic heterocycles. The molecule has 4 nitrogen and oxygen atoms in total. The average molecular weight is 371 g/mol. The lowest BCUT2D eigenvalue weighted by Crippen LogP contribution is -2.46. The van der Waals surface area contributed by atoms with Crippen molar-refractivity contribution < 1.29 is 9.18 Å². The van der Waals surface area contributed by atoms with Crippen molar-refractivity contribution >= 4 is 64.1 Å². The zero-order valence-electron chi connectivity index (χ0n) is 10.8. The molecular weight excluding hydrogens is 360 g/mol. The first-order valence-electron chi connectivity index (χ1n) is 5.93. The van der Waals surface area contributed by atoms with Gasteiger partial charge in [-0.15, -0.1) is 0 Å². The van der Waals surface area contributed by atoms with E-state index in [9.17, 15) is 9.18 Å². The molecule has 114 valence electrons. The third-order valence-electron chi connectivity index (χ3n) is 3.01. The molecule has 1 aromatic carbocycles. The summed E-state index contributed by atoms with van der Waals surface area (Å²) in [5.74, 6) is -0.609. The molecule has 0 aromatic heterocycles. The van der Waals surface area contributed by atoms with Crippen molar-refractivity contribution in [3.63, 3.8) is 0 Å². The van der Waals surface area contributed by atoms with E-state index in [-0.39, 0.29) is 5.92 Å². The minimum Gasteiger partial charge on any atom is -0.275 e. The van der Waals surface area contributed by atoms with Gasteiger partial charge in [0.2, 0.25) is 0 Å². The zero-order valence-corrected chi connectivity index (χ0v) is 13.8. The number of rotatable bonds is 3. The molecule has 2 unspecified atom stereocenters. The van der Waals surface area contributed by atoms with Crippen molar-refractivity contribution in [1.82, 2.24) is 10.4 Å². The van der Waals surface area contributed by atoms with Gasteiger partial charge < -0.3 is 0 Å². The Bertz CT molecular complexity index is 552. The van der Waals surface area contributed by atoms with Crippen LogP contribution in [0.25, 0.3) is 0 Å². The molecule has 0 spiro atoms. The Labute approximate surface area is 141 Å². The molecule has 0 saturated carbocycles. The maximum absolute atomic E-state index is 13.0. The largest absolute Gasteiger partial charge is 0.343 e. The van der Waals surface area contributed by atoms with Crippen LogP contribution >= 0.6 is 47.0 Å². The molecule has 1 N–H and O–H groups in total. The van der Waals surface area contributed by atoms with Gasteiger partial charge in [-0.2, -0.15) is 0 Å². The van der Waals surface area contributed by atoms with Crippen LogP contribution in [0.5, 0.6) is 0 Å². The first kappa shape index (κ1) is 16.7. The van der Waals surface area contributed by atoms with Crippen molar-refractivity contribution in [3.05, 3.63) is 30.1 Å². The van der Waals surface area contributed by atoms with Crippen LogP contribution in [-0.2, 0) is 0 Å². The van der Waals surface area contributed by atoms with Crippen molar-refractivity contribution in [2.24, 2.45) is 5.92 Å². The van der Waals surface area contributed by atoms with Gasteiger partial charge in [-0.1, -0.05) is 53.9 Å². The smallest absolute Gasteiger partial charge is 0.275 e. The van der Waals surface area contributed by atoms with Crippen molar-refractivity contribution in [2.75, 3.05) is 4.90 Å². The number of amides is 2. The second-order valence-electron chi connectivity index (χ2n) is 4.50. The van der Waals surface area contributed by atoms with Crippen LogP contribution in [-0.4, -0.2) is 26.5 Å². The molecule has 1 aliphatic rings. The van der Waals surface area contributed by atoms with Crippen LogP contribution in [0, 0.1) is 11.7 Å². The van der Waals surface area contributed by atoms with Gasteiger partial charge in [0.15, 0.2) is 0 Å². The van der Waals surface area contributed by atoms with Gasteiger partial charge in [-0.25, -0.2) is 19.6 Å². The van der Waals surface area contributed by atoms with E-state index in [1.54, 1.807) is 0 Å². The molecule has 2 rings (SSSR count). The highest BCUT2D eigenvalue weighted by Gasteiger charge is 2.48. The number of nitrogens with zero attached hydrogens (tertiary/aromatic N) is 2. The highest BCUT2D eigenvalue weighted by atomic mass is 35.6. The van der Waals surface area contributed by atoms with Crippen LogP contribution in [0.15, 0.2) is 24.3 Å².